The fourth-order valence-corrected chi connectivity index (χ4v) is 1.38. The van der Waals surface area contributed by atoms with Crippen molar-refractivity contribution >= 4 is 10.2 Å². The molecule has 0 unspecified atom stereocenters. The molecule has 0 aliphatic carbocycles. The molecule has 1 aromatic rings. The van der Waals surface area contributed by atoms with E-state index in [1.807, 2.05) is 0 Å². The first-order chi connectivity index (χ1) is 4.93. The summed E-state index contributed by atoms with van der Waals surface area (Å²) in [7, 11) is 1.35. The van der Waals surface area contributed by atoms with Crippen LogP contribution in [0.1, 0.15) is 12.0 Å². The van der Waals surface area contributed by atoms with Gasteiger partial charge in [-0.2, -0.15) is 0 Å². The summed E-state index contributed by atoms with van der Waals surface area (Å²) in [5.41, 5.74) is 1.48. The molecule has 0 saturated heterocycles. The molecule has 1 heteroatoms. The van der Waals surface area contributed by atoms with Crippen LogP contribution in [0.2, 0.25) is 6.04 Å². The molecule has 0 spiro atoms. The topological polar surface area (TPSA) is 0 Å². The number of aryl methyl sites for hydroxylation is 1. The van der Waals surface area contributed by atoms with Crippen LogP contribution in [0.5, 0.6) is 0 Å². The van der Waals surface area contributed by atoms with Crippen molar-refractivity contribution in [3.63, 3.8) is 0 Å². The maximum absolute atomic E-state index is 2.21. The number of hydrogen-bond donors (Lipinski definition) is 0. The lowest BCUT2D eigenvalue weighted by Gasteiger charge is -1.96. The van der Waals surface area contributed by atoms with E-state index in [9.17, 15) is 0 Å². The van der Waals surface area contributed by atoms with Crippen molar-refractivity contribution in [1.82, 2.24) is 0 Å². The van der Waals surface area contributed by atoms with Gasteiger partial charge in [-0.3, -0.25) is 0 Å². The fraction of sp³-hybridized carbons (Fsp3) is 0.333. The molecule has 0 bridgehead atoms. The minimum absolute atomic E-state index is 1.27. The lowest BCUT2D eigenvalue weighted by atomic mass is 10.1. The molecular weight excluding hydrogens is 136 g/mol. The Kier molecular flexibility index (Phi) is 3.23. The van der Waals surface area contributed by atoms with Crippen molar-refractivity contribution in [1.29, 1.82) is 0 Å². The van der Waals surface area contributed by atoms with Gasteiger partial charge in [0.05, 0.1) is 0 Å². The van der Waals surface area contributed by atoms with Crippen molar-refractivity contribution in [3.8, 4) is 0 Å². The zero-order valence-corrected chi connectivity index (χ0v) is 8.51. The zero-order chi connectivity index (χ0) is 7.23. The second kappa shape index (κ2) is 4.28. The molecule has 10 heavy (non-hydrogen) atoms. The highest BCUT2D eigenvalue weighted by Gasteiger charge is 1.87. The van der Waals surface area contributed by atoms with Gasteiger partial charge in [-0.1, -0.05) is 42.8 Å². The second-order valence-corrected chi connectivity index (χ2v) is 3.59. The van der Waals surface area contributed by atoms with E-state index in [4.69, 9.17) is 0 Å². The molecule has 0 N–H and O–H groups in total. The van der Waals surface area contributed by atoms with Gasteiger partial charge in [0, 0.05) is 10.2 Å². The zero-order valence-electron chi connectivity index (χ0n) is 6.51. The Balaban J connectivity index is 2.43. The Bertz CT molecular complexity index is 169. The summed E-state index contributed by atoms with van der Waals surface area (Å²) in [6, 6.07) is 12.1. The predicted molar refractivity (Wildman–Crippen MR) is 49.5 cm³/mol. The molecule has 0 fully saturated rings. The van der Waals surface area contributed by atoms with Gasteiger partial charge >= 0.3 is 0 Å². The second-order valence-electron chi connectivity index (χ2n) is 2.59. The summed E-state index contributed by atoms with van der Waals surface area (Å²) >= 11 is 0. The average Bonchev–Trinajstić information content (AvgIpc) is 2.03. The van der Waals surface area contributed by atoms with Crippen LogP contribution in [-0.2, 0) is 6.42 Å². The maximum Gasteiger partial charge on any atom is 0.00281 e. The van der Waals surface area contributed by atoms with E-state index in [0.717, 1.165) is 0 Å². The third kappa shape index (κ3) is 2.36. The predicted octanol–water partition coefficient (Wildman–Crippen LogP) is 1.40. The molecule has 0 nitrogen and oxygen atoms in total. The van der Waals surface area contributed by atoms with Crippen LogP contribution < -0.4 is 0 Å². The number of rotatable bonds is 3. The summed E-state index contributed by atoms with van der Waals surface area (Å²) in [5.74, 6) is 0. The summed E-state index contributed by atoms with van der Waals surface area (Å²) in [6.45, 7) is 0. The first kappa shape index (κ1) is 7.54. The van der Waals surface area contributed by atoms with Gasteiger partial charge in [-0.25, -0.2) is 0 Å². The SMILES string of the molecule is [SiH3]CCCc1ccccc1. The molecule has 54 valence electrons. The van der Waals surface area contributed by atoms with Crippen LogP contribution in [0.4, 0.5) is 0 Å². The van der Waals surface area contributed by atoms with Crippen LogP contribution in [0.3, 0.4) is 0 Å². The van der Waals surface area contributed by atoms with Crippen molar-refractivity contribution in [2.24, 2.45) is 0 Å². The minimum Gasteiger partial charge on any atom is -0.0655 e. The van der Waals surface area contributed by atoms with Gasteiger partial charge in [-0.05, 0) is 12.0 Å². The summed E-state index contributed by atoms with van der Waals surface area (Å²) < 4.78 is 0. The molecule has 0 aliphatic rings. The quantitative estimate of drug-likeness (QED) is 0.571. The highest BCUT2D eigenvalue weighted by molar-refractivity contribution is 6.08. The molecule has 0 heterocycles. The maximum atomic E-state index is 2.21. The highest BCUT2D eigenvalue weighted by atomic mass is 28.1. The van der Waals surface area contributed by atoms with E-state index in [-0.39, 0.29) is 0 Å². The summed E-state index contributed by atoms with van der Waals surface area (Å²) in [6.07, 6.45) is 2.64. The van der Waals surface area contributed by atoms with Crippen LogP contribution in [0.25, 0.3) is 0 Å². The van der Waals surface area contributed by atoms with Crippen LogP contribution >= 0.6 is 0 Å². The Labute approximate surface area is 65.7 Å². The molecular formula is C9H14Si. The van der Waals surface area contributed by atoms with Crippen molar-refractivity contribution in [2.75, 3.05) is 0 Å². The molecule has 0 aliphatic heterocycles. The van der Waals surface area contributed by atoms with E-state index in [0.29, 0.717) is 0 Å². The standard InChI is InChI=1S/C9H14Si/c10-8-4-7-9-5-2-1-3-6-9/h1-3,5-6H,4,7-8H2,10H3. The van der Waals surface area contributed by atoms with Crippen LogP contribution in [0.15, 0.2) is 30.3 Å². The van der Waals surface area contributed by atoms with Crippen LogP contribution in [-0.4, -0.2) is 10.2 Å². The van der Waals surface area contributed by atoms with Crippen molar-refractivity contribution < 1.29 is 0 Å². The normalized spacial score (nSPS) is 10.0. The molecule has 0 radical (unpaired) electrons. The summed E-state index contributed by atoms with van der Waals surface area (Å²) in [4.78, 5) is 0. The van der Waals surface area contributed by atoms with Gasteiger partial charge in [0.2, 0.25) is 0 Å². The average molecular weight is 150 g/mol. The lowest BCUT2D eigenvalue weighted by molar-refractivity contribution is 0.919. The number of hydrogen-bond acceptors (Lipinski definition) is 0. The van der Waals surface area contributed by atoms with Gasteiger partial charge in [0.1, 0.15) is 0 Å². The molecule has 0 saturated carbocycles. The van der Waals surface area contributed by atoms with E-state index in [1.165, 1.54) is 34.7 Å². The molecule has 1 aromatic carbocycles. The molecule has 0 amide bonds. The Morgan fingerprint density at radius 1 is 1.10 bits per heavy atom. The van der Waals surface area contributed by atoms with Gasteiger partial charge in [0.15, 0.2) is 0 Å². The van der Waals surface area contributed by atoms with Gasteiger partial charge in [-0.15, -0.1) is 0 Å². The summed E-state index contributed by atoms with van der Waals surface area (Å²) in [5, 5.41) is 0. The molecule has 1 rings (SSSR count). The molecule has 0 atom stereocenters. The van der Waals surface area contributed by atoms with E-state index < -0.39 is 0 Å². The largest absolute Gasteiger partial charge is 0.0655 e. The lowest BCUT2D eigenvalue weighted by Crippen LogP contribution is -1.82. The minimum atomic E-state index is 1.27. The van der Waals surface area contributed by atoms with Crippen molar-refractivity contribution in [3.05, 3.63) is 35.9 Å². The van der Waals surface area contributed by atoms with Gasteiger partial charge in [0.25, 0.3) is 0 Å². The van der Waals surface area contributed by atoms with E-state index in [2.05, 4.69) is 30.3 Å². The number of benzene rings is 1. The first-order valence-electron chi connectivity index (χ1n) is 3.97. The first-order valence-corrected chi connectivity index (χ1v) is 5.39. The van der Waals surface area contributed by atoms with E-state index in [1.54, 1.807) is 0 Å². The van der Waals surface area contributed by atoms with Crippen molar-refractivity contribution in [2.45, 2.75) is 18.9 Å². The third-order valence-electron chi connectivity index (χ3n) is 1.66. The van der Waals surface area contributed by atoms with Gasteiger partial charge < -0.3 is 0 Å². The Morgan fingerprint density at radius 3 is 2.40 bits per heavy atom. The Morgan fingerprint density at radius 2 is 1.80 bits per heavy atom. The Hall–Kier alpha value is -0.563. The molecule has 0 aromatic heterocycles. The fourth-order valence-electron chi connectivity index (χ4n) is 1.03. The monoisotopic (exact) mass is 150 g/mol. The highest BCUT2D eigenvalue weighted by Crippen LogP contribution is 2.02. The smallest absolute Gasteiger partial charge is 0.00281 e. The van der Waals surface area contributed by atoms with Crippen LogP contribution in [0, 0.1) is 0 Å². The third-order valence-corrected chi connectivity index (χ3v) is 2.37. The van der Waals surface area contributed by atoms with E-state index >= 15 is 0 Å².